The van der Waals surface area contributed by atoms with Crippen molar-refractivity contribution in [2.45, 2.75) is 33.7 Å². The van der Waals surface area contributed by atoms with E-state index in [9.17, 15) is 13.6 Å². The number of hydrogen-bond donors (Lipinski definition) is 1. The van der Waals surface area contributed by atoms with Crippen LogP contribution >= 0.6 is 27.3 Å². The molecule has 0 saturated carbocycles. The van der Waals surface area contributed by atoms with Crippen LogP contribution in [-0.4, -0.2) is 20.7 Å². The van der Waals surface area contributed by atoms with E-state index in [0.29, 0.717) is 10.8 Å². The average molecular weight is 379 g/mol. The van der Waals surface area contributed by atoms with Gasteiger partial charge in [-0.05, 0) is 36.7 Å². The van der Waals surface area contributed by atoms with E-state index in [2.05, 4.69) is 31.3 Å². The minimum atomic E-state index is -2.69. The molecule has 114 valence electrons. The maximum Gasteiger partial charge on any atom is 0.283 e. The molecule has 2 aromatic rings. The highest BCUT2D eigenvalue weighted by atomic mass is 79.9. The molecule has 1 N–H and O–H groups in total. The zero-order chi connectivity index (χ0) is 15.7. The lowest BCUT2D eigenvalue weighted by Crippen LogP contribution is -2.20. The van der Waals surface area contributed by atoms with Gasteiger partial charge in [-0.3, -0.25) is 9.48 Å². The second-order valence-corrected chi connectivity index (χ2v) is 6.45. The van der Waals surface area contributed by atoms with Crippen molar-refractivity contribution in [2.75, 3.05) is 5.32 Å². The van der Waals surface area contributed by atoms with E-state index in [0.717, 1.165) is 10.6 Å². The largest absolute Gasteiger partial charge is 0.300 e. The predicted octanol–water partition coefficient (Wildman–Crippen LogP) is 3.60. The molecule has 0 aromatic carbocycles. The number of nitrogens with zero attached hydrogens (tertiary/aromatic N) is 3. The molecule has 0 radical (unpaired) electrons. The molecule has 9 heteroatoms. The molecule has 0 unspecified atom stereocenters. The number of hydrogen-bond acceptors (Lipinski definition) is 4. The summed E-state index contributed by atoms with van der Waals surface area (Å²) in [4.78, 5) is 17.1. The number of carbonyl (C=O) groups is 1. The van der Waals surface area contributed by atoms with Crippen LogP contribution in [0.4, 0.5) is 13.9 Å². The quantitative estimate of drug-likeness (QED) is 0.883. The highest BCUT2D eigenvalue weighted by molar-refractivity contribution is 9.10. The Morgan fingerprint density at radius 2 is 2.10 bits per heavy atom. The normalized spacial score (nSPS) is 11.2. The van der Waals surface area contributed by atoms with Crippen molar-refractivity contribution in [3.8, 4) is 0 Å². The molecule has 0 aliphatic rings. The van der Waals surface area contributed by atoms with Gasteiger partial charge in [0.2, 0.25) is 5.91 Å². The zero-order valence-corrected chi connectivity index (χ0v) is 14.0. The molecular formula is C12H13BrF2N4OS. The third-order valence-corrected chi connectivity index (χ3v) is 4.90. The Balaban J connectivity index is 2.11. The van der Waals surface area contributed by atoms with Gasteiger partial charge in [-0.25, -0.2) is 13.8 Å². The molecule has 2 heterocycles. The van der Waals surface area contributed by atoms with Gasteiger partial charge in [-0.15, -0.1) is 11.3 Å². The predicted molar refractivity (Wildman–Crippen MR) is 79.8 cm³/mol. The molecule has 0 fully saturated rings. The van der Waals surface area contributed by atoms with Gasteiger partial charge in [0.15, 0.2) is 5.13 Å². The first-order chi connectivity index (χ1) is 9.79. The molecule has 0 aliphatic heterocycles. The number of carbonyl (C=O) groups excluding carboxylic acids is 1. The summed E-state index contributed by atoms with van der Waals surface area (Å²) >= 11 is 4.43. The molecule has 0 aliphatic carbocycles. The van der Waals surface area contributed by atoms with Crippen molar-refractivity contribution in [1.29, 1.82) is 0 Å². The Morgan fingerprint density at radius 3 is 2.57 bits per heavy atom. The Bertz CT molecular complexity index is 664. The van der Waals surface area contributed by atoms with Crippen molar-refractivity contribution in [1.82, 2.24) is 14.8 Å². The van der Waals surface area contributed by atoms with Crippen LogP contribution in [0.3, 0.4) is 0 Å². The summed E-state index contributed by atoms with van der Waals surface area (Å²) in [7, 11) is 0. The average Bonchev–Trinajstić information content (AvgIpc) is 2.83. The van der Waals surface area contributed by atoms with Crippen LogP contribution in [0.2, 0.25) is 0 Å². The van der Waals surface area contributed by atoms with Gasteiger partial charge < -0.3 is 5.32 Å². The first-order valence-electron chi connectivity index (χ1n) is 6.04. The van der Waals surface area contributed by atoms with Gasteiger partial charge in [-0.2, -0.15) is 5.10 Å². The highest BCUT2D eigenvalue weighted by Crippen LogP contribution is 2.29. The van der Waals surface area contributed by atoms with E-state index in [1.807, 2.05) is 13.8 Å². The molecular weight excluding hydrogens is 366 g/mol. The molecule has 21 heavy (non-hydrogen) atoms. The van der Waals surface area contributed by atoms with Gasteiger partial charge in [0.25, 0.3) is 6.43 Å². The molecule has 0 saturated heterocycles. The fourth-order valence-corrected chi connectivity index (χ4v) is 2.95. The van der Waals surface area contributed by atoms with Crippen molar-refractivity contribution in [3.05, 3.63) is 26.4 Å². The lowest BCUT2D eigenvalue weighted by Gasteiger charge is -2.04. The van der Waals surface area contributed by atoms with Gasteiger partial charge in [0.05, 0.1) is 15.9 Å². The van der Waals surface area contributed by atoms with Crippen LogP contribution in [0.25, 0.3) is 0 Å². The number of aromatic nitrogens is 3. The topological polar surface area (TPSA) is 59.8 Å². The summed E-state index contributed by atoms with van der Waals surface area (Å²) in [5, 5.41) is 6.89. The second-order valence-electron chi connectivity index (χ2n) is 4.45. The van der Waals surface area contributed by atoms with Crippen molar-refractivity contribution >= 4 is 38.3 Å². The molecule has 2 rings (SSSR count). The van der Waals surface area contributed by atoms with Crippen LogP contribution in [0.5, 0.6) is 0 Å². The van der Waals surface area contributed by atoms with Gasteiger partial charge in [0.1, 0.15) is 12.2 Å². The fraction of sp³-hybridized carbons (Fsp3) is 0.417. The summed E-state index contributed by atoms with van der Waals surface area (Å²) < 4.78 is 26.9. The monoisotopic (exact) mass is 378 g/mol. The summed E-state index contributed by atoms with van der Waals surface area (Å²) in [6.45, 7) is 5.24. The Hall–Kier alpha value is -1.35. The summed E-state index contributed by atoms with van der Waals surface area (Å²) in [5.41, 5.74) is 0.974. The molecule has 5 nitrogen and oxygen atoms in total. The Labute approximate surface area is 132 Å². The minimum Gasteiger partial charge on any atom is -0.300 e. The first-order valence-corrected chi connectivity index (χ1v) is 7.65. The smallest absolute Gasteiger partial charge is 0.283 e. The maximum absolute atomic E-state index is 12.7. The third kappa shape index (κ3) is 3.46. The molecule has 2 aromatic heterocycles. The number of anilines is 1. The van der Waals surface area contributed by atoms with Gasteiger partial charge in [-0.1, -0.05) is 0 Å². The van der Waals surface area contributed by atoms with Crippen molar-refractivity contribution < 1.29 is 13.6 Å². The lowest BCUT2D eigenvalue weighted by atomic mass is 10.4. The first kappa shape index (κ1) is 16.0. The van der Waals surface area contributed by atoms with Crippen molar-refractivity contribution in [3.63, 3.8) is 0 Å². The van der Waals surface area contributed by atoms with E-state index in [-0.39, 0.29) is 22.6 Å². The summed E-state index contributed by atoms with van der Waals surface area (Å²) in [5.74, 6) is -0.359. The van der Waals surface area contributed by atoms with E-state index >= 15 is 0 Å². The maximum atomic E-state index is 12.7. The van der Waals surface area contributed by atoms with Crippen LogP contribution in [0, 0.1) is 20.8 Å². The van der Waals surface area contributed by atoms with Gasteiger partial charge >= 0.3 is 0 Å². The number of alkyl halides is 2. The third-order valence-electron chi connectivity index (χ3n) is 2.93. The number of thiazole rings is 1. The van der Waals surface area contributed by atoms with E-state index in [1.54, 1.807) is 6.92 Å². The Morgan fingerprint density at radius 1 is 1.43 bits per heavy atom. The number of halogens is 3. The van der Waals surface area contributed by atoms with E-state index in [1.165, 1.54) is 16.0 Å². The number of nitrogens with one attached hydrogen (secondary N) is 1. The highest BCUT2D eigenvalue weighted by Gasteiger charge is 2.21. The number of aryl methyl sites for hydroxylation is 2. The summed E-state index contributed by atoms with van der Waals surface area (Å²) in [6, 6.07) is 0. The molecule has 0 atom stereocenters. The number of amides is 1. The zero-order valence-electron chi connectivity index (χ0n) is 11.6. The van der Waals surface area contributed by atoms with Crippen LogP contribution in [0.1, 0.15) is 28.4 Å². The fourth-order valence-electron chi connectivity index (χ4n) is 1.66. The standard InChI is InChI=1S/C12H13BrF2N4OS/c1-5-7(3)21-12(16-5)17-8(20)4-19-6(2)9(13)10(18-19)11(14)15/h11H,4H2,1-3H3,(H,16,17,20). The van der Waals surface area contributed by atoms with Crippen LogP contribution in [-0.2, 0) is 11.3 Å². The Kier molecular flexibility index (Phi) is 4.72. The van der Waals surface area contributed by atoms with Crippen LogP contribution < -0.4 is 5.32 Å². The molecule has 1 amide bonds. The molecule has 0 spiro atoms. The molecule has 0 bridgehead atoms. The van der Waals surface area contributed by atoms with Crippen molar-refractivity contribution in [2.24, 2.45) is 0 Å². The minimum absolute atomic E-state index is 0.144. The number of rotatable bonds is 4. The second kappa shape index (κ2) is 6.18. The SMILES string of the molecule is Cc1nc(NC(=O)Cn2nc(C(F)F)c(Br)c2C)sc1C. The van der Waals surface area contributed by atoms with E-state index in [4.69, 9.17) is 0 Å². The summed E-state index contributed by atoms with van der Waals surface area (Å²) in [6.07, 6.45) is -2.69. The lowest BCUT2D eigenvalue weighted by molar-refractivity contribution is -0.117. The van der Waals surface area contributed by atoms with Gasteiger partial charge in [0, 0.05) is 4.88 Å². The van der Waals surface area contributed by atoms with Crippen LogP contribution in [0.15, 0.2) is 4.47 Å². The van der Waals surface area contributed by atoms with E-state index < -0.39 is 6.43 Å².